The maximum atomic E-state index is 12.5. The van der Waals surface area contributed by atoms with Gasteiger partial charge in [0, 0.05) is 31.0 Å². The van der Waals surface area contributed by atoms with Gasteiger partial charge in [-0.3, -0.25) is 24.3 Å². The molecule has 2 heterocycles. The molecule has 0 spiro atoms. The first-order valence-corrected chi connectivity index (χ1v) is 9.32. The molecule has 0 radical (unpaired) electrons. The SMILES string of the molecule is Cc1ccc2c(c1)C(=O)N(CCC(=O)Nc1ccc(Oc3cnccn3)cc1)C2=O. The van der Waals surface area contributed by atoms with Crippen LogP contribution in [0.15, 0.2) is 61.1 Å². The van der Waals surface area contributed by atoms with Crippen molar-refractivity contribution in [1.82, 2.24) is 14.9 Å². The molecule has 0 bridgehead atoms. The average Bonchev–Trinajstić information content (AvgIpc) is 2.98. The molecule has 0 saturated carbocycles. The van der Waals surface area contributed by atoms with Crippen LogP contribution in [0.1, 0.15) is 32.7 Å². The van der Waals surface area contributed by atoms with Gasteiger partial charge in [-0.25, -0.2) is 4.98 Å². The molecule has 3 amide bonds. The van der Waals surface area contributed by atoms with E-state index in [0.717, 1.165) is 10.5 Å². The lowest BCUT2D eigenvalue weighted by molar-refractivity contribution is -0.116. The molecule has 8 nitrogen and oxygen atoms in total. The number of aryl methyl sites for hydroxylation is 1. The van der Waals surface area contributed by atoms with Crippen LogP contribution >= 0.6 is 0 Å². The van der Waals surface area contributed by atoms with Crippen LogP contribution < -0.4 is 10.1 Å². The Labute approximate surface area is 172 Å². The molecule has 0 unspecified atom stereocenters. The third kappa shape index (κ3) is 4.02. The molecule has 8 heteroatoms. The molecule has 2 aromatic carbocycles. The summed E-state index contributed by atoms with van der Waals surface area (Å²) in [5.41, 5.74) is 2.24. The highest BCUT2D eigenvalue weighted by Gasteiger charge is 2.35. The van der Waals surface area contributed by atoms with Crippen molar-refractivity contribution >= 4 is 23.4 Å². The van der Waals surface area contributed by atoms with Crippen LogP contribution in [0.2, 0.25) is 0 Å². The number of benzene rings is 2. The molecule has 0 aliphatic carbocycles. The number of amides is 3. The van der Waals surface area contributed by atoms with Crippen molar-refractivity contribution in [2.75, 3.05) is 11.9 Å². The summed E-state index contributed by atoms with van der Waals surface area (Å²) in [5, 5.41) is 2.75. The molecular formula is C22H18N4O4. The first-order chi connectivity index (χ1) is 14.5. The fourth-order valence-electron chi connectivity index (χ4n) is 3.11. The number of hydrogen-bond acceptors (Lipinski definition) is 6. The Hall–Kier alpha value is -4.07. The molecule has 0 saturated heterocycles. The van der Waals surface area contributed by atoms with E-state index in [-0.39, 0.29) is 30.7 Å². The molecule has 30 heavy (non-hydrogen) atoms. The first kappa shape index (κ1) is 19.3. The third-order valence-electron chi connectivity index (χ3n) is 4.59. The van der Waals surface area contributed by atoms with Crippen molar-refractivity contribution < 1.29 is 19.1 Å². The molecular weight excluding hydrogens is 384 g/mol. The topological polar surface area (TPSA) is 101 Å². The number of ether oxygens (including phenoxy) is 1. The van der Waals surface area contributed by atoms with Gasteiger partial charge in [0.25, 0.3) is 11.8 Å². The maximum absolute atomic E-state index is 12.5. The van der Waals surface area contributed by atoms with Gasteiger partial charge in [-0.2, -0.15) is 0 Å². The zero-order valence-corrected chi connectivity index (χ0v) is 16.2. The van der Waals surface area contributed by atoms with Gasteiger partial charge in [0.2, 0.25) is 11.8 Å². The van der Waals surface area contributed by atoms with E-state index in [4.69, 9.17) is 4.74 Å². The van der Waals surface area contributed by atoms with Crippen LogP contribution in [0.3, 0.4) is 0 Å². The Balaban J connectivity index is 1.32. The Kier molecular flexibility index (Phi) is 5.21. The zero-order chi connectivity index (χ0) is 21.1. The van der Waals surface area contributed by atoms with Crippen LogP contribution in [0.4, 0.5) is 5.69 Å². The van der Waals surface area contributed by atoms with E-state index >= 15 is 0 Å². The molecule has 1 N–H and O–H groups in total. The second-order valence-corrected chi connectivity index (χ2v) is 6.78. The van der Waals surface area contributed by atoms with Gasteiger partial charge in [0.05, 0.1) is 17.3 Å². The van der Waals surface area contributed by atoms with Crippen molar-refractivity contribution in [3.8, 4) is 11.6 Å². The predicted octanol–water partition coefficient (Wildman–Crippen LogP) is 3.20. The summed E-state index contributed by atoms with van der Waals surface area (Å²) in [6, 6.07) is 11.9. The normalized spacial score (nSPS) is 12.6. The number of aromatic nitrogens is 2. The van der Waals surface area contributed by atoms with E-state index in [9.17, 15) is 14.4 Å². The van der Waals surface area contributed by atoms with Crippen molar-refractivity contribution in [3.63, 3.8) is 0 Å². The number of nitrogens with zero attached hydrogens (tertiary/aromatic N) is 3. The van der Waals surface area contributed by atoms with Gasteiger partial charge >= 0.3 is 0 Å². The van der Waals surface area contributed by atoms with E-state index in [0.29, 0.717) is 28.4 Å². The highest BCUT2D eigenvalue weighted by Crippen LogP contribution is 2.24. The molecule has 1 aliphatic rings. The van der Waals surface area contributed by atoms with Gasteiger partial charge in [0.15, 0.2) is 0 Å². The fraction of sp³-hybridized carbons (Fsp3) is 0.136. The minimum atomic E-state index is -0.367. The molecule has 0 atom stereocenters. The Morgan fingerprint density at radius 2 is 1.80 bits per heavy atom. The lowest BCUT2D eigenvalue weighted by Crippen LogP contribution is -2.32. The second kappa shape index (κ2) is 8.12. The summed E-state index contributed by atoms with van der Waals surface area (Å²) in [6.07, 6.45) is 4.58. The minimum Gasteiger partial charge on any atom is -0.438 e. The monoisotopic (exact) mass is 402 g/mol. The highest BCUT2D eigenvalue weighted by atomic mass is 16.5. The number of nitrogens with one attached hydrogen (secondary N) is 1. The van der Waals surface area contributed by atoms with E-state index in [1.807, 2.05) is 6.92 Å². The minimum absolute atomic E-state index is 0.00229. The molecule has 3 aromatic rings. The quantitative estimate of drug-likeness (QED) is 0.636. The number of anilines is 1. The standard InChI is InChI=1S/C22H18N4O4/c1-14-2-7-17-18(12-14)22(29)26(21(17)28)11-8-19(27)25-15-3-5-16(6-4-15)30-20-13-23-9-10-24-20/h2-7,9-10,12-13H,8,11H2,1H3,(H,25,27). The van der Waals surface area contributed by atoms with E-state index in [1.54, 1.807) is 48.7 Å². The smallest absolute Gasteiger partial charge is 0.261 e. The lowest BCUT2D eigenvalue weighted by atomic mass is 10.1. The summed E-state index contributed by atoms with van der Waals surface area (Å²) >= 11 is 0. The van der Waals surface area contributed by atoms with Crippen molar-refractivity contribution in [3.05, 3.63) is 77.7 Å². The lowest BCUT2D eigenvalue weighted by Gasteiger charge is -2.13. The number of rotatable bonds is 6. The van der Waals surface area contributed by atoms with E-state index in [1.165, 1.54) is 12.4 Å². The largest absolute Gasteiger partial charge is 0.438 e. The Morgan fingerprint density at radius 1 is 1.03 bits per heavy atom. The molecule has 150 valence electrons. The molecule has 1 aromatic heterocycles. The highest BCUT2D eigenvalue weighted by molar-refractivity contribution is 6.21. The summed E-state index contributed by atoms with van der Waals surface area (Å²) in [5.74, 6) is -0.115. The van der Waals surface area contributed by atoms with Gasteiger partial charge in [-0.15, -0.1) is 0 Å². The third-order valence-corrected chi connectivity index (χ3v) is 4.59. The number of fused-ring (bicyclic) bond motifs is 1. The van der Waals surface area contributed by atoms with Gasteiger partial charge < -0.3 is 10.1 Å². The van der Waals surface area contributed by atoms with Gasteiger partial charge in [-0.1, -0.05) is 11.6 Å². The van der Waals surface area contributed by atoms with E-state index < -0.39 is 0 Å². The molecule has 0 fully saturated rings. The van der Waals surface area contributed by atoms with Gasteiger partial charge in [0.1, 0.15) is 5.75 Å². The number of imide groups is 1. The van der Waals surface area contributed by atoms with E-state index in [2.05, 4.69) is 15.3 Å². The summed E-state index contributed by atoms with van der Waals surface area (Å²) in [4.78, 5) is 46.2. The first-order valence-electron chi connectivity index (χ1n) is 9.32. The van der Waals surface area contributed by atoms with Crippen molar-refractivity contribution in [1.29, 1.82) is 0 Å². The zero-order valence-electron chi connectivity index (χ0n) is 16.2. The maximum Gasteiger partial charge on any atom is 0.261 e. The number of hydrogen-bond donors (Lipinski definition) is 1. The second-order valence-electron chi connectivity index (χ2n) is 6.78. The van der Waals surface area contributed by atoms with Crippen molar-refractivity contribution in [2.24, 2.45) is 0 Å². The molecule has 1 aliphatic heterocycles. The van der Waals surface area contributed by atoms with Gasteiger partial charge in [-0.05, 0) is 43.3 Å². The fourth-order valence-corrected chi connectivity index (χ4v) is 3.11. The number of carbonyl (C=O) groups is 3. The Morgan fingerprint density at radius 3 is 2.53 bits per heavy atom. The Bertz CT molecular complexity index is 1110. The average molecular weight is 402 g/mol. The number of carbonyl (C=O) groups excluding carboxylic acids is 3. The van der Waals surface area contributed by atoms with Crippen LogP contribution in [0.25, 0.3) is 0 Å². The van der Waals surface area contributed by atoms with Crippen LogP contribution in [-0.2, 0) is 4.79 Å². The summed E-state index contributed by atoms with van der Waals surface area (Å²) < 4.78 is 5.55. The predicted molar refractivity (Wildman–Crippen MR) is 108 cm³/mol. The molecule has 4 rings (SSSR count). The van der Waals surface area contributed by atoms with Crippen LogP contribution in [0.5, 0.6) is 11.6 Å². The van der Waals surface area contributed by atoms with Crippen LogP contribution in [-0.4, -0.2) is 39.1 Å². The van der Waals surface area contributed by atoms with Crippen LogP contribution in [0, 0.1) is 6.92 Å². The summed E-state index contributed by atoms with van der Waals surface area (Å²) in [6.45, 7) is 1.88. The van der Waals surface area contributed by atoms with Crippen molar-refractivity contribution in [2.45, 2.75) is 13.3 Å². The summed E-state index contributed by atoms with van der Waals surface area (Å²) in [7, 11) is 0.